The third-order valence-electron chi connectivity index (χ3n) is 3.17. The van der Waals surface area contributed by atoms with E-state index in [2.05, 4.69) is 44.0 Å². The van der Waals surface area contributed by atoms with Crippen molar-refractivity contribution < 1.29 is 4.74 Å². The number of hydrogen-bond acceptors (Lipinski definition) is 4. The van der Waals surface area contributed by atoms with Crippen LogP contribution in [0, 0.1) is 11.3 Å². The Morgan fingerprint density at radius 2 is 2.00 bits per heavy atom. The van der Waals surface area contributed by atoms with E-state index < -0.39 is 5.54 Å². The molecule has 0 aliphatic heterocycles. The van der Waals surface area contributed by atoms with E-state index in [0.717, 1.165) is 26.1 Å². The number of nitrogens with zero attached hydrogens (tertiary/aromatic N) is 2. The van der Waals surface area contributed by atoms with Crippen LogP contribution < -0.4 is 5.32 Å². The van der Waals surface area contributed by atoms with Crippen molar-refractivity contribution in [1.29, 1.82) is 5.26 Å². The highest BCUT2D eigenvalue weighted by Crippen LogP contribution is 2.16. The molecule has 4 heteroatoms. The minimum atomic E-state index is -0.464. The van der Waals surface area contributed by atoms with E-state index in [-0.39, 0.29) is 0 Å². The van der Waals surface area contributed by atoms with Gasteiger partial charge in [-0.1, -0.05) is 6.92 Å². The van der Waals surface area contributed by atoms with Gasteiger partial charge in [0.25, 0.3) is 0 Å². The zero-order chi connectivity index (χ0) is 14.2. The number of nitrogens with one attached hydrogen (secondary N) is 1. The number of rotatable bonds is 9. The molecule has 0 aliphatic carbocycles. The van der Waals surface area contributed by atoms with Gasteiger partial charge >= 0.3 is 0 Å². The Morgan fingerprint density at radius 1 is 1.39 bits per heavy atom. The van der Waals surface area contributed by atoms with Gasteiger partial charge in [-0.25, -0.2) is 0 Å². The van der Waals surface area contributed by atoms with Crippen LogP contribution in [0.4, 0.5) is 0 Å². The first-order valence-corrected chi connectivity index (χ1v) is 6.80. The summed E-state index contributed by atoms with van der Waals surface area (Å²) in [6.45, 7) is 13.1. The standard InChI is InChI=1S/C14H29N3O/c1-7-17(8-9-18-6)13(4)10-14(5,11-15)16-12(2)3/h12-13,16H,7-10H2,1-6H3. The molecule has 0 saturated carbocycles. The molecule has 106 valence electrons. The van der Waals surface area contributed by atoms with E-state index in [1.807, 2.05) is 6.92 Å². The summed E-state index contributed by atoms with van der Waals surface area (Å²) in [4.78, 5) is 2.35. The number of methoxy groups -OCH3 is 1. The van der Waals surface area contributed by atoms with Gasteiger partial charge in [-0.15, -0.1) is 0 Å². The summed E-state index contributed by atoms with van der Waals surface area (Å²) in [5.41, 5.74) is -0.464. The Kier molecular flexibility index (Phi) is 8.17. The Labute approximate surface area is 112 Å². The van der Waals surface area contributed by atoms with Gasteiger partial charge in [0.05, 0.1) is 12.7 Å². The van der Waals surface area contributed by atoms with E-state index >= 15 is 0 Å². The fraction of sp³-hybridized carbons (Fsp3) is 0.929. The van der Waals surface area contributed by atoms with Crippen LogP contribution >= 0.6 is 0 Å². The Hall–Kier alpha value is -0.630. The minimum Gasteiger partial charge on any atom is -0.383 e. The molecule has 0 rings (SSSR count). The summed E-state index contributed by atoms with van der Waals surface area (Å²) in [5, 5.41) is 12.7. The SMILES string of the molecule is CCN(CCOC)C(C)CC(C)(C#N)NC(C)C. The molecule has 0 aromatic carbocycles. The van der Waals surface area contributed by atoms with Crippen LogP contribution in [-0.4, -0.2) is 49.3 Å². The summed E-state index contributed by atoms with van der Waals surface area (Å²) in [5.74, 6) is 0. The molecule has 0 amide bonds. The van der Waals surface area contributed by atoms with E-state index in [1.165, 1.54) is 0 Å². The summed E-state index contributed by atoms with van der Waals surface area (Å²) in [6, 6.07) is 3.08. The smallest absolute Gasteiger partial charge is 0.105 e. The van der Waals surface area contributed by atoms with Gasteiger partial charge in [0, 0.05) is 25.7 Å². The number of nitriles is 1. The number of likely N-dealkylation sites (N-methyl/N-ethyl adjacent to an activating group) is 1. The first-order chi connectivity index (χ1) is 8.38. The number of hydrogen-bond donors (Lipinski definition) is 1. The predicted molar refractivity (Wildman–Crippen MR) is 75.5 cm³/mol. The molecule has 0 fully saturated rings. The van der Waals surface area contributed by atoms with Gasteiger partial charge in [-0.3, -0.25) is 10.2 Å². The van der Waals surface area contributed by atoms with Gasteiger partial charge in [0.1, 0.15) is 5.54 Å². The van der Waals surface area contributed by atoms with Crippen LogP contribution in [0.5, 0.6) is 0 Å². The average Bonchev–Trinajstić information content (AvgIpc) is 2.28. The second kappa shape index (κ2) is 8.47. The van der Waals surface area contributed by atoms with Crippen LogP contribution in [0.15, 0.2) is 0 Å². The number of ether oxygens (including phenoxy) is 1. The zero-order valence-electron chi connectivity index (χ0n) is 12.8. The first kappa shape index (κ1) is 17.4. The van der Waals surface area contributed by atoms with E-state index in [1.54, 1.807) is 7.11 Å². The second-order valence-electron chi connectivity index (χ2n) is 5.42. The van der Waals surface area contributed by atoms with E-state index in [9.17, 15) is 5.26 Å². The minimum absolute atomic E-state index is 0.316. The van der Waals surface area contributed by atoms with Crippen molar-refractivity contribution in [1.82, 2.24) is 10.2 Å². The Balaban J connectivity index is 4.48. The molecule has 0 saturated heterocycles. The molecule has 2 atom stereocenters. The average molecular weight is 255 g/mol. The van der Waals surface area contributed by atoms with Crippen molar-refractivity contribution in [2.45, 2.75) is 58.7 Å². The fourth-order valence-electron chi connectivity index (χ4n) is 2.39. The topological polar surface area (TPSA) is 48.3 Å². The maximum absolute atomic E-state index is 9.36. The molecule has 0 radical (unpaired) electrons. The normalized spacial score (nSPS) is 16.6. The molecule has 0 heterocycles. The lowest BCUT2D eigenvalue weighted by Crippen LogP contribution is -2.50. The highest BCUT2D eigenvalue weighted by atomic mass is 16.5. The van der Waals surface area contributed by atoms with Crippen molar-refractivity contribution in [2.24, 2.45) is 0 Å². The van der Waals surface area contributed by atoms with Crippen LogP contribution in [0.3, 0.4) is 0 Å². The molecular formula is C14H29N3O. The Bertz CT molecular complexity index is 262. The highest BCUT2D eigenvalue weighted by molar-refractivity contribution is 5.06. The quantitative estimate of drug-likeness (QED) is 0.685. The molecule has 0 spiro atoms. The summed E-state index contributed by atoms with van der Waals surface area (Å²) in [6.07, 6.45) is 0.819. The zero-order valence-corrected chi connectivity index (χ0v) is 12.8. The van der Waals surface area contributed by atoms with Gasteiger partial charge < -0.3 is 4.74 Å². The molecular weight excluding hydrogens is 226 g/mol. The molecule has 0 aliphatic rings. The van der Waals surface area contributed by atoms with Crippen molar-refractivity contribution in [3.8, 4) is 6.07 Å². The van der Waals surface area contributed by atoms with Crippen LogP contribution in [-0.2, 0) is 4.74 Å². The van der Waals surface area contributed by atoms with Gasteiger partial charge in [0.15, 0.2) is 0 Å². The van der Waals surface area contributed by atoms with Crippen molar-refractivity contribution >= 4 is 0 Å². The molecule has 2 unspecified atom stereocenters. The lowest BCUT2D eigenvalue weighted by molar-refractivity contribution is 0.117. The second-order valence-corrected chi connectivity index (χ2v) is 5.42. The maximum Gasteiger partial charge on any atom is 0.105 e. The summed E-state index contributed by atoms with van der Waals surface area (Å²) in [7, 11) is 1.72. The van der Waals surface area contributed by atoms with Crippen molar-refractivity contribution in [2.75, 3.05) is 26.8 Å². The van der Waals surface area contributed by atoms with Crippen molar-refractivity contribution in [3.05, 3.63) is 0 Å². The first-order valence-electron chi connectivity index (χ1n) is 6.80. The lowest BCUT2D eigenvalue weighted by Gasteiger charge is -2.34. The molecule has 18 heavy (non-hydrogen) atoms. The van der Waals surface area contributed by atoms with Crippen LogP contribution in [0.1, 0.15) is 41.0 Å². The maximum atomic E-state index is 9.36. The van der Waals surface area contributed by atoms with Crippen molar-refractivity contribution in [3.63, 3.8) is 0 Å². The lowest BCUT2D eigenvalue weighted by atomic mass is 9.93. The van der Waals surface area contributed by atoms with Crippen LogP contribution in [0.25, 0.3) is 0 Å². The monoisotopic (exact) mass is 255 g/mol. The Morgan fingerprint density at radius 3 is 2.39 bits per heavy atom. The van der Waals surface area contributed by atoms with Crippen LogP contribution in [0.2, 0.25) is 0 Å². The molecule has 1 N–H and O–H groups in total. The van der Waals surface area contributed by atoms with E-state index in [0.29, 0.717) is 12.1 Å². The highest BCUT2D eigenvalue weighted by Gasteiger charge is 2.28. The summed E-state index contributed by atoms with van der Waals surface area (Å²) < 4.78 is 5.12. The molecule has 0 bridgehead atoms. The third-order valence-corrected chi connectivity index (χ3v) is 3.17. The molecule has 0 aromatic heterocycles. The summed E-state index contributed by atoms with van der Waals surface area (Å²) >= 11 is 0. The fourth-order valence-corrected chi connectivity index (χ4v) is 2.39. The largest absolute Gasteiger partial charge is 0.383 e. The predicted octanol–water partition coefficient (Wildman–Crippen LogP) is 2.01. The van der Waals surface area contributed by atoms with Gasteiger partial charge in [-0.05, 0) is 40.7 Å². The third kappa shape index (κ3) is 6.34. The molecule has 4 nitrogen and oxygen atoms in total. The van der Waals surface area contributed by atoms with Gasteiger partial charge in [-0.2, -0.15) is 5.26 Å². The van der Waals surface area contributed by atoms with E-state index in [4.69, 9.17) is 4.74 Å². The molecule has 0 aromatic rings. The van der Waals surface area contributed by atoms with Gasteiger partial charge in [0.2, 0.25) is 0 Å².